The van der Waals surface area contributed by atoms with Crippen molar-refractivity contribution in [1.82, 2.24) is 16.0 Å². The fraction of sp³-hybridized carbons (Fsp3) is 0.862. The quantitative estimate of drug-likeness (QED) is 0.120. The molecule has 11 heteroatoms. The third kappa shape index (κ3) is 17.5. The summed E-state index contributed by atoms with van der Waals surface area (Å²) in [7, 11) is 0. The summed E-state index contributed by atoms with van der Waals surface area (Å²) in [6.45, 7) is 18.6. The number of unbranched alkanes of at least 4 members (excludes halogenated alkanes) is 1. The van der Waals surface area contributed by atoms with E-state index in [9.17, 15) is 24.3 Å². The lowest BCUT2D eigenvalue weighted by atomic mass is 9.81. The van der Waals surface area contributed by atoms with E-state index in [2.05, 4.69) is 36.7 Å². The Hall–Kier alpha value is -2.24. The maximum absolute atomic E-state index is 12.6. The number of nitrogens with two attached hydrogens (primary N) is 1. The van der Waals surface area contributed by atoms with Crippen LogP contribution in [-0.4, -0.2) is 76.9 Å². The Balaban J connectivity index is 4.49. The molecule has 0 fully saturated rings. The first-order chi connectivity index (χ1) is 18.1. The number of nitrogens with one attached hydrogen (secondary N) is 3. The summed E-state index contributed by atoms with van der Waals surface area (Å²) in [4.78, 5) is 47.5. The highest BCUT2D eigenvalue weighted by Crippen LogP contribution is 2.27. The van der Waals surface area contributed by atoms with Gasteiger partial charge in [0.2, 0.25) is 11.8 Å². The first-order valence-electron chi connectivity index (χ1n) is 14.2. The number of carboxylic acid groups (broad SMARTS) is 2. The lowest BCUT2D eigenvalue weighted by Crippen LogP contribution is -2.51. The zero-order valence-electron chi connectivity index (χ0n) is 26.2. The van der Waals surface area contributed by atoms with Gasteiger partial charge in [-0.05, 0) is 85.5 Å². The van der Waals surface area contributed by atoms with Crippen molar-refractivity contribution < 1.29 is 34.1 Å². The van der Waals surface area contributed by atoms with Gasteiger partial charge in [-0.3, -0.25) is 24.5 Å². The van der Waals surface area contributed by atoms with E-state index >= 15 is 0 Å². The zero-order valence-corrected chi connectivity index (χ0v) is 26.2. The molecule has 0 saturated heterocycles. The Morgan fingerprint density at radius 1 is 0.825 bits per heavy atom. The molecule has 7 N–H and O–H groups in total. The predicted octanol–water partition coefficient (Wildman–Crippen LogP) is 3.05. The zero-order chi connectivity index (χ0) is 31.4. The molecule has 0 aliphatic rings. The molecule has 0 aromatic carbocycles. The van der Waals surface area contributed by atoms with Gasteiger partial charge in [0, 0.05) is 25.0 Å². The first kappa shape index (κ1) is 37.8. The number of amides is 2. The molecule has 234 valence electrons. The van der Waals surface area contributed by atoms with Gasteiger partial charge in [0.25, 0.3) is 0 Å². The third-order valence-corrected chi connectivity index (χ3v) is 6.53. The minimum absolute atomic E-state index is 0.0322. The number of carboxylic acids is 2. The van der Waals surface area contributed by atoms with Crippen LogP contribution >= 0.6 is 0 Å². The summed E-state index contributed by atoms with van der Waals surface area (Å²) in [5.74, 6) is -2.38. The molecule has 11 nitrogen and oxygen atoms in total. The van der Waals surface area contributed by atoms with Crippen molar-refractivity contribution in [1.29, 1.82) is 0 Å². The van der Waals surface area contributed by atoms with E-state index in [0.717, 1.165) is 6.42 Å². The molecule has 40 heavy (non-hydrogen) atoms. The second-order valence-electron chi connectivity index (χ2n) is 13.9. The summed E-state index contributed by atoms with van der Waals surface area (Å²) in [5.41, 5.74) is 3.75. The highest BCUT2D eigenvalue weighted by atomic mass is 16.5. The molecule has 0 radical (unpaired) electrons. The van der Waals surface area contributed by atoms with Crippen molar-refractivity contribution in [3.05, 3.63) is 0 Å². The highest BCUT2D eigenvalue weighted by molar-refractivity contribution is 5.82. The van der Waals surface area contributed by atoms with Gasteiger partial charge >= 0.3 is 11.9 Å². The standard InChI is InChI=1S/C29H56N4O7/c1-26(2,3)18-28(6,7)33-21(24(37)38)13-14-22(34)31-17-15-29(8,9)40-19-27(4,5)25(39)32-16-11-10-12-20(30)23(35)36/h20-21,33H,10-19,30H2,1-9H3,(H,31,34)(H,32,39)(H,35,36)(H,37,38). The van der Waals surface area contributed by atoms with Gasteiger partial charge in [-0.25, -0.2) is 0 Å². The van der Waals surface area contributed by atoms with Crippen LogP contribution in [0.2, 0.25) is 0 Å². The number of ether oxygens (including phenoxy) is 1. The van der Waals surface area contributed by atoms with Gasteiger partial charge in [0.15, 0.2) is 0 Å². The molecule has 0 spiro atoms. The summed E-state index contributed by atoms with van der Waals surface area (Å²) >= 11 is 0. The molecular formula is C29H56N4O7. The second-order valence-corrected chi connectivity index (χ2v) is 13.9. The molecule has 0 rings (SSSR count). The van der Waals surface area contributed by atoms with Crippen molar-refractivity contribution in [3.8, 4) is 0 Å². The Morgan fingerprint density at radius 2 is 1.43 bits per heavy atom. The highest BCUT2D eigenvalue weighted by Gasteiger charge is 2.32. The average molecular weight is 573 g/mol. The maximum atomic E-state index is 12.6. The van der Waals surface area contributed by atoms with E-state index in [1.807, 2.05) is 27.7 Å². The van der Waals surface area contributed by atoms with Crippen molar-refractivity contribution in [2.75, 3.05) is 19.7 Å². The molecule has 0 aliphatic heterocycles. The van der Waals surface area contributed by atoms with Crippen molar-refractivity contribution >= 4 is 23.8 Å². The molecule has 0 aromatic rings. The van der Waals surface area contributed by atoms with Crippen LogP contribution in [0.25, 0.3) is 0 Å². The SMILES string of the molecule is CC(C)(C)CC(C)(C)NC(CCC(=O)NCCC(C)(C)OCC(C)(C)C(=O)NCCCCC(N)C(=O)O)C(=O)O. The minimum atomic E-state index is -1.03. The fourth-order valence-corrected chi connectivity index (χ4v) is 4.54. The molecule has 2 atom stereocenters. The Bertz CT molecular complexity index is 835. The molecule has 0 saturated carbocycles. The van der Waals surface area contributed by atoms with Crippen molar-refractivity contribution in [2.45, 2.75) is 130 Å². The van der Waals surface area contributed by atoms with E-state index in [1.54, 1.807) is 13.8 Å². The monoisotopic (exact) mass is 572 g/mol. The molecule has 2 amide bonds. The van der Waals surface area contributed by atoms with E-state index in [-0.39, 0.29) is 42.2 Å². The van der Waals surface area contributed by atoms with E-state index in [1.165, 1.54) is 0 Å². The van der Waals surface area contributed by atoms with Crippen molar-refractivity contribution in [2.24, 2.45) is 16.6 Å². The topological polar surface area (TPSA) is 180 Å². The second kappa shape index (κ2) is 16.3. The maximum Gasteiger partial charge on any atom is 0.320 e. The fourth-order valence-electron chi connectivity index (χ4n) is 4.54. The Morgan fingerprint density at radius 3 is 1.95 bits per heavy atom. The van der Waals surface area contributed by atoms with Crippen LogP contribution < -0.4 is 21.7 Å². The van der Waals surface area contributed by atoms with Crippen LogP contribution in [0.4, 0.5) is 0 Å². The van der Waals surface area contributed by atoms with E-state index < -0.39 is 35.0 Å². The van der Waals surface area contributed by atoms with Gasteiger partial charge in [-0.1, -0.05) is 20.8 Å². The number of carbonyl (C=O) groups is 4. The molecule has 0 bridgehead atoms. The van der Waals surface area contributed by atoms with Crippen molar-refractivity contribution in [3.63, 3.8) is 0 Å². The summed E-state index contributed by atoms with van der Waals surface area (Å²) in [5, 5.41) is 27.4. The lowest BCUT2D eigenvalue weighted by molar-refractivity contribution is -0.141. The van der Waals surface area contributed by atoms with Crippen LogP contribution in [0.5, 0.6) is 0 Å². The van der Waals surface area contributed by atoms with Crippen LogP contribution in [-0.2, 0) is 23.9 Å². The lowest BCUT2D eigenvalue weighted by Gasteiger charge is -2.35. The number of carbonyl (C=O) groups excluding carboxylic acids is 2. The molecule has 2 unspecified atom stereocenters. The van der Waals surface area contributed by atoms with Gasteiger partial charge in [0.1, 0.15) is 12.1 Å². The average Bonchev–Trinajstić information content (AvgIpc) is 2.78. The minimum Gasteiger partial charge on any atom is -0.480 e. The van der Waals surface area contributed by atoms with Gasteiger partial charge in [-0.2, -0.15) is 0 Å². The summed E-state index contributed by atoms with van der Waals surface area (Å²) < 4.78 is 6.03. The normalized spacial score (nSPS) is 14.3. The van der Waals surface area contributed by atoms with Crippen LogP contribution in [0.15, 0.2) is 0 Å². The molecular weight excluding hydrogens is 516 g/mol. The third-order valence-electron chi connectivity index (χ3n) is 6.53. The summed E-state index contributed by atoms with van der Waals surface area (Å²) in [6.07, 6.45) is 3.16. The summed E-state index contributed by atoms with van der Waals surface area (Å²) in [6, 6.07) is -1.71. The Labute approximate surface area is 240 Å². The van der Waals surface area contributed by atoms with Gasteiger partial charge in [-0.15, -0.1) is 0 Å². The number of hydrogen-bond acceptors (Lipinski definition) is 7. The number of aliphatic carboxylic acids is 2. The smallest absolute Gasteiger partial charge is 0.320 e. The van der Waals surface area contributed by atoms with Crippen LogP contribution in [0.1, 0.15) is 107 Å². The Kier molecular flexibility index (Phi) is 15.4. The van der Waals surface area contributed by atoms with Crippen LogP contribution in [0.3, 0.4) is 0 Å². The van der Waals surface area contributed by atoms with E-state index in [0.29, 0.717) is 38.8 Å². The first-order valence-corrected chi connectivity index (χ1v) is 14.2. The van der Waals surface area contributed by atoms with Gasteiger partial charge < -0.3 is 31.3 Å². The largest absolute Gasteiger partial charge is 0.480 e. The van der Waals surface area contributed by atoms with Crippen LogP contribution in [0, 0.1) is 10.8 Å². The number of hydrogen-bond donors (Lipinski definition) is 6. The molecule has 0 aromatic heterocycles. The number of rotatable bonds is 20. The predicted molar refractivity (Wildman–Crippen MR) is 156 cm³/mol. The molecule has 0 aliphatic carbocycles. The van der Waals surface area contributed by atoms with Gasteiger partial charge in [0.05, 0.1) is 17.6 Å². The molecule has 0 heterocycles. The van der Waals surface area contributed by atoms with E-state index in [4.69, 9.17) is 15.6 Å².